The first kappa shape index (κ1) is 28.3. The summed E-state index contributed by atoms with van der Waals surface area (Å²) in [6, 6.07) is 6.84. The molecule has 0 unspecified atom stereocenters. The van der Waals surface area contributed by atoms with Gasteiger partial charge >= 0.3 is 5.97 Å². The van der Waals surface area contributed by atoms with Crippen LogP contribution < -0.4 is 0 Å². The first-order valence-electron chi connectivity index (χ1n) is 11.6. The van der Waals surface area contributed by atoms with Crippen molar-refractivity contribution in [3.63, 3.8) is 0 Å². The van der Waals surface area contributed by atoms with E-state index in [1.807, 2.05) is 0 Å². The smallest absolute Gasteiger partial charge is 0.338 e. The Balaban J connectivity index is 1.80. The fourth-order valence-corrected chi connectivity index (χ4v) is 4.29. The highest BCUT2D eigenvalue weighted by Gasteiger charge is 2.49. The molecule has 4 rings (SSSR count). The molecule has 1 aliphatic rings. The van der Waals surface area contributed by atoms with Gasteiger partial charge in [-0.1, -0.05) is 0 Å². The largest absolute Gasteiger partial charge is 0.508 e. The Labute approximate surface area is 224 Å². The predicted molar refractivity (Wildman–Crippen MR) is 130 cm³/mol. The number of aromatic hydroxyl groups is 7. The Kier molecular flexibility index (Phi) is 7.61. The van der Waals surface area contributed by atoms with Crippen LogP contribution in [-0.2, 0) is 9.47 Å². The van der Waals surface area contributed by atoms with Gasteiger partial charge < -0.3 is 60.5 Å². The number of hydrogen-bond acceptors (Lipinski definition) is 14. The predicted octanol–water partition coefficient (Wildman–Crippen LogP) is 0.236. The molecule has 1 fully saturated rings. The van der Waals surface area contributed by atoms with Crippen LogP contribution >= 0.6 is 0 Å². The van der Waals surface area contributed by atoms with Gasteiger partial charge in [0, 0.05) is 11.6 Å². The molecule has 14 heteroatoms. The molecular weight excluding hydrogens is 536 g/mol. The van der Waals surface area contributed by atoms with E-state index in [1.165, 1.54) is 24.3 Å². The molecule has 3 aromatic carbocycles. The van der Waals surface area contributed by atoms with Gasteiger partial charge in [0.2, 0.25) is 5.78 Å². The highest BCUT2D eigenvalue weighted by atomic mass is 16.6. The molecule has 14 nitrogen and oxygen atoms in total. The zero-order valence-electron chi connectivity index (χ0n) is 20.2. The van der Waals surface area contributed by atoms with Crippen molar-refractivity contribution < 1.29 is 70.1 Å². The molecule has 40 heavy (non-hydrogen) atoms. The molecule has 0 aromatic heterocycles. The third kappa shape index (κ3) is 4.99. The van der Waals surface area contributed by atoms with Gasteiger partial charge in [-0.05, 0) is 36.4 Å². The van der Waals surface area contributed by atoms with Gasteiger partial charge in [-0.15, -0.1) is 0 Å². The van der Waals surface area contributed by atoms with Crippen molar-refractivity contribution in [2.75, 3.05) is 6.61 Å². The summed E-state index contributed by atoms with van der Waals surface area (Å²) in [5, 5.41) is 101. The lowest BCUT2D eigenvalue weighted by Gasteiger charge is -2.42. The Morgan fingerprint density at radius 2 is 1.35 bits per heavy atom. The summed E-state index contributed by atoms with van der Waals surface area (Å²) in [5.74, 6) is -7.99. The summed E-state index contributed by atoms with van der Waals surface area (Å²) in [6.45, 7) is -0.881. The number of ether oxygens (including phenoxy) is 2. The Bertz CT molecular complexity index is 1430. The highest BCUT2D eigenvalue weighted by molar-refractivity contribution is 6.13. The van der Waals surface area contributed by atoms with Gasteiger partial charge in [0.25, 0.3) is 0 Å². The summed E-state index contributed by atoms with van der Waals surface area (Å²) >= 11 is 0. The normalized spacial score (nSPS) is 22.5. The average molecular weight is 560 g/mol. The second-order valence-electron chi connectivity index (χ2n) is 8.92. The monoisotopic (exact) mass is 560 g/mol. The van der Waals surface area contributed by atoms with Gasteiger partial charge in [0.05, 0.1) is 17.7 Å². The molecule has 10 N–H and O–H groups in total. The molecule has 1 aliphatic heterocycles. The number of aliphatic hydroxyl groups is 3. The van der Waals surface area contributed by atoms with Gasteiger partial charge in [0.1, 0.15) is 53.0 Å². The Hall–Kier alpha value is -4.76. The molecular formula is C26H24O14. The van der Waals surface area contributed by atoms with Crippen molar-refractivity contribution in [1.29, 1.82) is 0 Å². The van der Waals surface area contributed by atoms with Crippen LogP contribution in [0.2, 0.25) is 0 Å². The molecule has 0 amide bonds. The molecule has 0 saturated carbocycles. The molecule has 0 aliphatic carbocycles. The Morgan fingerprint density at radius 1 is 0.750 bits per heavy atom. The number of ketones is 1. The Morgan fingerprint density at radius 3 is 1.93 bits per heavy atom. The third-order valence-corrected chi connectivity index (χ3v) is 6.35. The molecule has 3 aromatic rings. The number of carbonyl (C=O) groups excluding carboxylic acids is 2. The van der Waals surface area contributed by atoms with Crippen molar-refractivity contribution >= 4 is 11.8 Å². The maximum absolute atomic E-state index is 13.1. The topological polar surface area (TPSA) is 255 Å². The number of rotatable bonds is 6. The number of carbonyl (C=O) groups is 2. The molecule has 1 saturated heterocycles. The van der Waals surface area contributed by atoms with E-state index in [2.05, 4.69) is 0 Å². The van der Waals surface area contributed by atoms with Crippen LogP contribution in [0.1, 0.15) is 37.9 Å². The van der Waals surface area contributed by atoms with E-state index in [4.69, 9.17) is 9.47 Å². The fraction of sp³-hybridized carbons (Fsp3) is 0.231. The van der Waals surface area contributed by atoms with Gasteiger partial charge in [0.15, 0.2) is 23.4 Å². The van der Waals surface area contributed by atoms with Crippen LogP contribution in [0, 0.1) is 0 Å². The van der Waals surface area contributed by atoms with E-state index in [1.54, 1.807) is 0 Å². The summed E-state index contributed by atoms with van der Waals surface area (Å²) in [7, 11) is 0. The van der Waals surface area contributed by atoms with E-state index in [0.717, 1.165) is 12.1 Å². The second-order valence-corrected chi connectivity index (χ2v) is 8.92. The van der Waals surface area contributed by atoms with Crippen LogP contribution in [0.5, 0.6) is 40.2 Å². The first-order valence-corrected chi connectivity index (χ1v) is 11.6. The SMILES string of the molecule is O=C(O[C@H]1[C@H](O)[C@H](O)[C@@H](CO)O[C@H]1c1c(O)cc(O)c(C(=O)c2ccc(O)cc2)c1O)c1cc(O)c(O)c(O)c1. The van der Waals surface area contributed by atoms with Crippen molar-refractivity contribution in [3.05, 3.63) is 64.7 Å². The number of aliphatic hydroxyl groups excluding tert-OH is 3. The molecule has 5 atom stereocenters. The number of benzene rings is 3. The lowest BCUT2D eigenvalue weighted by Crippen LogP contribution is -2.56. The zero-order valence-corrected chi connectivity index (χ0v) is 20.2. The molecule has 0 bridgehead atoms. The number of phenols is 7. The molecule has 212 valence electrons. The van der Waals surface area contributed by atoms with E-state index in [0.29, 0.717) is 6.07 Å². The summed E-state index contributed by atoms with van der Waals surface area (Å²) in [5.41, 5.74) is -2.02. The van der Waals surface area contributed by atoms with Crippen LogP contribution in [0.3, 0.4) is 0 Å². The van der Waals surface area contributed by atoms with Crippen LogP contribution in [0.15, 0.2) is 42.5 Å². The second kappa shape index (κ2) is 10.8. The molecule has 1 heterocycles. The van der Waals surface area contributed by atoms with Crippen molar-refractivity contribution in [2.24, 2.45) is 0 Å². The van der Waals surface area contributed by atoms with Crippen LogP contribution in [-0.4, -0.2) is 93.8 Å². The number of hydrogen-bond donors (Lipinski definition) is 10. The first-order chi connectivity index (χ1) is 18.8. The fourth-order valence-electron chi connectivity index (χ4n) is 4.29. The lowest BCUT2D eigenvalue weighted by molar-refractivity contribution is -0.232. The van der Waals surface area contributed by atoms with Gasteiger partial charge in [-0.3, -0.25) is 4.79 Å². The minimum absolute atomic E-state index is 0.0942. The maximum Gasteiger partial charge on any atom is 0.338 e. The van der Waals surface area contributed by atoms with E-state index in [-0.39, 0.29) is 11.3 Å². The lowest BCUT2D eigenvalue weighted by atomic mass is 9.88. The standard InChI is InChI=1S/C26H24O14/c27-8-16-21(35)23(37)25(40-26(38)10-5-14(31)20(34)15(32)6-10)24(39-16)18-13(30)7-12(29)17(22(18)36)19(33)9-1-3-11(28)4-2-9/h1-7,16,21,23-25,27-32,34-37H,8H2/t16-,21-,23-,24+,25+/m1/s1. The van der Waals surface area contributed by atoms with Gasteiger partial charge in [-0.2, -0.15) is 0 Å². The minimum Gasteiger partial charge on any atom is -0.508 e. The minimum atomic E-state index is -2.02. The number of esters is 1. The summed E-state index contributed by atoms with van der Waals surface area (Å²) in [6.07, 6.45) is -9.25. The zero-order chi connectivity index (χ0) is 29.5. The van der Waals surface area contributed by atoms with Gasteiger partial charge in [-0.25, -0.2) is 4.79 Å². The average Bonchev–Trinajstić information content (AvgIpc) is 2.90. The van der Waals surface area contributed by atoms with Crippen molar-refractivity contribution in [2.45, 2.75) is 30.5 Å². The maximum atomic E-state index is 13.1. The van der Waals surface area contributed by atoms with E-state index >= 15 is 0 Å². The third-order valence-electron chi connectivity index (χ3n) is 6.35. The van der Waals surface area contributed by atoms with Crippen LogP contribution in [0.4, 0.5) is 0 Å². The van der Waals surface area contributed by atoms with Crippen molar-refractivity contribution in [1.82, 2.24) is 0 Å². The summed E-state index contributed by atoms with van der Waals surface area (Å²) < 4.78 is 10.8. The van der Waals surface area contributed by atoms with Crippen molar-refractivity contribution in [3.8, 4) is 40.2 Å². The van der Waals surface area contributed by atoms with Crippen LogP contribution in [0.25, 0.3) is 0 Å². The summed E-state index contributed by atoms with van der Waals surface area (Å²) in [4.78, 5) is 26.0. The number of phenolic OH excluding ortho intramolecular Hbond substituents is 7. The molecule has 0 spiro atoms. The quantitative estimate of drug-likeness (QED) is 0.110. The highest BCUT2D eigenvalue weighted by Crippen LogP contribution is 2.47. The van der Waals surface area contributed by atoms with E-state index < -0.39 is 100 Å². The molecule has 0 radical (unpaired) electrons. The van der Waals surface area contributed by atoms with E-state index in [9.17, 15) is 60.7 Å².